The van der Waals surface area contributed by atoms with E-state index in [2.05, 4.69) is 0 Å². The lowest BCUT2D eigenvalue weighted by Crippen LogP contribution is -2.65. The van der Waals surface area contributed by atoms with Gasteiger partial charge in [0.2, 0.25) is 0 Å². The van der Waals surface area contributed by atoms with Crippen molar-refractivity contribution in [3.8, 4) is 11.5 Å². The summed E-state index contributed by atoms with van der Waals surface area (Å²) < 4.78 is 46.4. The summed E-state index contributed by atoms with van der Waals surface area (Å²) in [6, 6.07) is 19.5. The molecule has 2 bridgehead atoms. The first-order valence-corrected chi connectivity index (χ1v) is 13.0. The normalized spacial score (nSPS) is 22.1. The number of hydrogen-bond donors (Lipinski definition) is 0. The number of hydrogen-bond acceptors (Lipinski definition) is 4. The molecule has 3 saturated heterocycles. The first kappa shape index (κ1) is 26.0. The first-order chi connectivity index (χ1) is 18.4. The molecule has 3 fully saturated rings. The number of carbonyl (C=O) groups is 1. The number of halogens is 2. The Morgan fingerprint density at radius 2 is 1.71 bits per heavy atom. The molecule has 3 aliphatic rings. The molecule has 0 N–H and O–H groups in total. The number of anilines is 1. The van der Waals surface area contributed by atoms with Crippen molar-refractivity contribution >= 4 is 11.8 Å². The molecule has 3 heterocycles. The number of para-hydroxylation sites is 1. The SMILES string of the molecule is COc1cccc(OCC[N+]23CCC(CC2)C(OC(=O)N(Cc2ccc(F)cc2)c2ccccc2F)C3)c1. The second kappa shape index (κ2) is 11.4. The van der Waals surface area contributed by atoms with Gasteiger partial charge >= 0.3 is 6.09 Å². The van der Waals surface area contributed by atoms with Gasteiger partial charge in [0.25, 0.3) is 0 Å². The Balaban J connectivity index is 1.26. The van der Waals surface area contributed by atoms with Crippen LogP contribution in [-0.4, -0.2) is 56.6 Å². The molecule has 6 rings (SSSR count). The van der Waals surface area contributed by atoms with E-state index in [-0.39, 0.29) is 30.1 Å². The van der Waals surface area contributed by atoms with Crippen molar-refractivity contribution in [1.29, 1.82) is 0 Å². The number of fused-ring (bicyclic) bond motifs is 3. The minimum absolute atomic E-state index is 0.0752. The zero-order chi connectivity index (χ0) is 26.5. The van der Waals surface area contributed by atoms with Gasteiger partial charge in [0, 0.05) is 24.8 Å². The van der Waals surface area contributed by atoms with E-state index < -0.39 is 11.9 Å². The fourth-order valence-electron chi connectivity index (χ4n) is 5.60. The van der Waals surface area contributed by atoms with Gasteiger partial charge in [-0.05, 0) is 42.0 Å². The lowest BCUT2D eigenvalue weighted by Gasteiger charge is -2.52. The Morgan fingerprint density at radius 3 is 2.45 bits per heavy atom. The number of quaternary nitrogens is 1. The van der Waals surface area contributed by atoms with E-state index in [1.807, 2.05) is 24.3 Å². The second-order valence-corrected chi connectivity index (χ2v) is 10.1. The van der Waals surface area contributed by atoms with E-state index >= 15 is 0 Å². The zero-order valence-electron chi connectivity index (χ0n) is 21.5. The number of carbonyl (C=O) groups excluding carboxylic acids is 1. The molecule has 3 aliphatic heterocycles. The van der Waals surface area contributed by atoms with Gasteiger partial charge in [-0.3, -0.25) is 4.90 Å². The van der Waals surface area contributed by atoms with Crippen molar-refractivity contribution in [2.45, 2.75) is 25.5 Å². The molecule has 0 saturated carbocycles. The lowest BCUT2D eigenvalue weighted by atomic mass is 9.83. The Kier molecular flexibility index (Phi) is 7.79. The summed E-state index contributed by atoms with van der Waals surface area (Å²) in [7, 11) is 1.63. The number of amides is 1. The van der Waals surface area contributed by atoms with E-state index in [9.17, 15) is 13.6 Å². The molecule has 0 aromatic heterocycles. The maximum absolute atomic E-state index is 14.7. The molecule has 38 heavy (non-hydrogen) atoms. The van der Waals surface area contributed by atoms with Crippen LogP contribution in [0.2, 0.25) is 0 Å². The van der Waals surface area contributed by atoms with Gasteiger partial charge in [0.15, 0.2) is 6.10 Å². The summed E-state index contributed by atoms with van der Waals surface area (Å²) in [4.78, 5) is 14.8. The first-order valence-electron chi connectivity index (χ1n) is 13.0. The van der Waals surface area contributed by atoms with Gasteiger partial charge in [-0.2, -0.15) is 0 Å². The Labute approximate surface area is 221 Å². The number of methoxy groups -OCH3 is 1. The summed E-state index contributed by atoms with van der Waals surface area (Å²) in [5.74, 6) is 0.912. The van der Waals surface area contributed by atoms with Crippen LogP contribution < -0.4 is 14.4 Å². The summed E-state index contributed by atoms with van der Waals surface area (Å²) in [6.45, 7) is 4.18. The van der Waals surface area contributed by atoms with Gasteiger partial charge in [-0.1, -0.05) is 30.3 Å². The highest BCUT2D eigenvalue weighted by molar-refractivity contribution is 5.87. The van der Waals surface area contributed by atoms with Crippen LogP contribution >= 0.6 is 0 Å². The number of ether oxygens (including phenoxy) is 3. The van der Waals surface area contributed by atoms with E-state index in [0.717, 1.165) is 48.5 Å². The number of nitrogens with zero attached hydrogens (tertiary/aromatic N) is 2. The van der Waals surface area contributed by atoms with Gasteiger partial charge in [-0.15, -0.1) is 0 Å². The summed E-state index contributed by atoms with van der Waals surface area (Å²) in [6.07, 6.45) is 1.08. The second-order valence-electron chi connectivity index (χ2n) is 10.1. The topological polar surface area (TPSA) is 48.0 Å². The molecule has 3 aromatic carbocycles. The molecule has 8 heteroatoms. The van der Waals surface area contributed by atoms with Crippen LogP contribution in [-0.2, 0) is 11.3 Å². The summed E-state index contributed by atoms with van der Waals surface area (Å²) in [5.41, 5.74) is 0.817. The van der Waals surface area contributed by atoms with E-state index in [1.54, 1.807) is 37.4 Å². The van der Waals surface area contributed by atoms with E-state index in [1.165, 1.54) is 23.1 Å². The third-order valence-corrected chi connectivity index (χ3v) is 7.79. The third-order valence-electron chi connectivity index (χ3n) is 7.79. The van der Waals surface area contributed by atoms with Crippen molar-refractivity contribution in [3.05, 3.63) is 90.0 Å². The largest absolute Gasteiger partial charge is 0.497 e. The Hall–Kier alpha value is -3.65. The van der Waals surface area contributed by atoms with Crippen LogP contribution in [0.25, 0.3) is 0 Å². The van der Waals surface area contributed by atoms with Gasteiger partial charge in [0.05, 0.1) is 32.4 Å². The van der Waals surface area contributed by atoms with Crippen LogP contribution in [0, 0.1) is 17.6 Å². The van der Waals surface area contributed by atoms with Crippen molar-refractivity contribution < 1.29 is 32.3 Å². The predicted octanol–water partition coefficient (Wildman–Crippen LogP) is 5.80. The molecule has 200 valence electrons. The van der Waals surface area contributed by atoms with Crippen molar-refractivity contribution in [2.24, 2.45) is 5.92 Å². The highest BCUT2D eigenvalue weighted by atomic mass is 19.1. The average Bonchev–Trinajstić information content (AvgIpc) is 2.94. The average molecular weight is 524 g/mol. The Bertz CT molecular complexity index is 1250. The van der Waals surface area contributed by atoms with Crippen LogP contribution in [0.3, 0.4) is 0 Å². The molecule has 1 amide bonds. The Morgan fingerprint density at radius 1 is 0.974 bits per heavy atom. The standard InChI is InChI=1S/C30H33F2N2O4/c1-36-25-5-4-6-26(19-25)37-18-17-34-15-13-23(14-16-34)29(21-34)38-30(35)33(28-8-3-2-7-27(28)32)20-22-9-11-24(31)12-10-22/h2-12,19,23,29H,13-18,20-21H2,1H3/q+1. The smallest absolute Gasteiger partial charge is 0.415 e. The van der Waals surface area contributed by atoms with Crippen LogP contribution in [0.5, 0.6) is 11.5 Å². The maximum atomic E-state index is 14.7. The van der Waals surface area contributed by atoms with Crippen LogP contribution in [0.1, 0.15) is 18.4 Å². The zero-order valence-corrected chi connectivity index (χ0v) is 21.5. The van der Waals surface area contributed by atoms with Gasteiger partial charge in [0.1, 0.15) is 42.8 Å². The third kappa shape index (κ3) is 5.91. The molecule has 0 aliphatic carbocycles. The number of piperidine rings is 3. The highest BCUT2D eigenvalue weighted by Crippen LogP contribution is 2.36. The molecular weight excluding hydrogens is 490 g/mol. The molecule has 1 unspecified atom stereocenters. The van der Waals surface area contributed by atoms with Crippen LogP contribution in [0.15, 0.2) is 72.8 Å². The van der Waals surface area contributed by atoms with Crippen molar-refractivity contribution in [1.82, 2.24) is 0 Å². The van der Waals surface area contributed by atoms with E-state index in [4.69, 9.17) is 14.2 Å². The summed E-state index contributed by atoms with van der Waals surface area (Å²) >= 11 is 0. The number of benzene rings is 3. The van der Waals surface area contributed by atoms with E-state index in [0.29, 0.717) is 18.7 Å². The molecule has 1 atom stereocenters. The number of rotatable bonds is 9. The molecular formula is C30H33F2N2O4+. The maximum Gasteiger partial charge on any atom is 0.415 e. The predicted molar refractivity (Wildman–Crippen MR) is 140 cm³/mol. The van der Waals surface area contributed by atoms with Gasteiger partial charge in [-0.25, -0.2) is 13.6 Å². The van der Waals surface area contributed by atoms with Crippen molar-refractivity contribution in [2.75, 3.05) is 44.8 Å². The monoisotopic (exact) mass is 523 g/mol. The fraction of sp³-hybridized carbons (Fsp3) is 0.367. The molecule has 0 radical (unpaired) electrons. The molecule has 3 aromatic rings. The fourth-order valence-corrected chi connectivity index (χ4v) is 5.60. The lowest BCUT2D eigenvalue weighted by molar-refractivity contribution is -0.946. The minimum atomic E-state index is -0.594. The molecule has 6 nitrogen and oxygen atoms in total. The quantitative estimate of drug-likeness (QED) is 0.333. The molecule has 0 spiro atoms. The van der Waals surface area contributed by atoms with Gasteiger partial charge < -0.3 is 18.7 Å². The minimum Gasteiger partial charge on any atom is -0.497 e. The van der Waals surface area contributed by atoms with Crippen molar-refractivity contribution in [3.63, 3.8) is 0 Å². The summed E-state index contributed by atoms with van der Waals surface area (Å²) in [5, 5.41) is 0. The van der Waals surface area contributed by atoms with Crippen LogP contribution in [0.4, 0.5) is 19.3 Å². The highest BCUT2D eigenvalue weighted by Gasteiger charge is 2.48.